The third-order valence-electron chi connectivity index (χ3n) is 4.62. The lowest BCUT2D eigenvalue weighted by Crippen LogP contribution is -2.47. The molecular weight excluding hydrogens is 338 g/mol. The van der Waals surface area contributed by atoms with Gasteiger partial charge in [-0.2, -0.15) is 0 Å². The van der Waals surface area contributed by atoms with E-state index >= 15 is 0 Å². The van der Waals surface area contributed by atoms with Crippen molar-refractivity contribution in [2.45, 2.75) is 12.5 Å². The van der Waals surface area contributed by atoms with Crippen LogP contribution < -0.4 is 4.90 Å². The first kappa shape index (κ1) is 17.8. The number of nitrogens with zero attached hydrogens (tertiary/aromatic N) is 3. The molecule has 133 valence electrons. The maximum atomic E-state index is 9.12. The lowest BCUT2D eigenvalue weighted by Gasteiger charge is -2.41. The molecule has 1 aromatic carbocycles. The van der Waals surface area contributed by atoms with Crippen molar-refractivity contribution in [3.8, 4) is 0 Å². The molecule has 3 heterocycles. The summed E-state index contributed by atoms with van der Waals surface area (Å²) in [5.41, 5.74) is 4.27. The number of pyridine rings is 1. The fraction of sp³-hybridized carbons (Fsp3) is 0.333. The van der Waals surface area contributed by atoms with Gasteiger partial charge in [0.1, 0.15) is 5.82 Å². The van der Waals surface area contributed by atoms with E-state index in [0.717, 1.165) is 26.1 Å². The minimum Gasteiger partial charge on any atom is -0.347 e. The van der Waals surface area contributed by atoms with Crippen LogP contribution in [0, 0.1) is 7.11 Å². The number of benzene rings is 1. The molecule has 0 bridgehead atoms. The average molecular weight is 360 g/mol. The van der Waals surface area contributed by atoms with Crippen molar-refractivity contribution in [3.63, 3.8) is 0 Å². The van der Waals surface area contributed by atoms with E-state index in [2.05, 4.69) is 69.5 Å². The first-order chi connectivity index (χ1) is 12.1. The average Bonchev–Trinajstić information content (AvgIpc) is 2.76. The SMILES string of the molecule is CN1CCN2c3ncccc3Cc3ccccc3C2C1.[CH2]O[SH](=O)=O. The zero-order valence-electron chi connectivity index (χ0n) is 14.2. The van der Waals surface area contributed by atoms with Crippen LogP contribution in [0.3, 0.4) is 0 Å². The fourth-order valence-corrected chi connectivity index (χ4v) is 3.49. The fourth-order valence-electron chi connectivity index (χ4n) is 3.49. The van der Waals surface area contributed by atoms with Crippen molar-refractivity contribution in [2.24, 2.45) is 0 Å². The van der Waals surface area contributed by atoms with Gasteiger partial charge in [-0.25, -0.2) is 13.4 Å². The Morgan fingerprint density at radius 2 is 1.88 bits per heavy atom. The van der Waals surface area contributed by atoms with Crippen LogP contribution in [0.5, 0.6) is 0 Å². The summed E-state index contributed by atoms with van der Waals surface area (Å²) in [7, 11) is 2.09. The van der Waals surface area contributed by atoms with E-state index in [1.807, 2.05) is 6.20 Å². The molecule has 2 aromatic rings. The van der Waals surface area contributed by atoms with Crippen molar-refractivity contribution in [1.82, 2.24) is 9.88 Å². The normalized spacial score (nSPS) is 19.2. The van der Waals surface area contributed by atoms with Crippen LogP contribution in [0.25, 0.3) is 0 Å². The second kappa shape index (κ2) is 7.95. The van der Waals surface area contributed by atoms with Gasteiger partial charge in [-0.15, -0.1) is 0 Å². The molecule has 1 saturated heterocycles. The summed E-state index contributed by atoms with van der Waals surface area (Å²) in [5.74, 6) is 1.18. The van der Waals surface area contributed by atoms with Gasteiger partial charge in [-0.05, 0) is 29.8 Å². The molecular formula is C18H22N3O3S. The highest BCUT2D eigenvalue weighted by molar-refractivity contribution is 7.67. The Bertz CT molecular complexity index is 802. The summed E-state index contributed by atoms with van der Waals surface area (Å²) in [4.78, 5) is 9.60. The van der Waals surface area contributed by atoms with Gasteiger partial charge in [0.25, 0.3) is 11.0 Å². The predicted molar refractivity (Wildman–Crippen MR) is 97.8 cm³/mol. The summed E-state index contributed by atoms with van der Waals surface area (Å²) in [6.07, 6.45) is 2.92. The summed E-state index contributed by atoms with van der Waals surface area (Å²) in [6, 6.07) is 13.6. The topological polar surface area (TPSA) is 62.7 Å². The molecule has 1 aromatic heterocycles. The van der Waals surface area contributed by atoms with E-state index < -0.39 is 11.0 Å². The molecule has 4 rings (SSSR count). The molecule has 1 atom stereocenters. The van der Waals surface area contributed by atoms with Gasteiger partial charge in [0, 0.05) is 32.3 Å². The van der Waals surface area contributed by atoms with E-state index in [1.165, 1.54) is 22.5 Å². The Hall–Kier alpha value is -1.96. The summed E-state index contributed by atoms with van der Waals surface area (Å²) in [5, 5.41) is 0. The van der Waals surface area contributed by atoms with Crippen molar-refractivity contribution in [1.29, 1.82) is 0 Å². The van der Waals surface area contributed by atoms with Crippen molar-refractivity contribution in [2.75, 3.05) is 31.6 Å². The Balaban J connectivity index is 0.000000324. The number of rotatable bonds is 1. The molecule has 1 radical (unpaired) electrons. The van der Waals surface area contributed by atoms with Crippen molar-refractivity contribution < 1.29 is 12.6 Å². The highest BCUT2D eigenvalue weighted by Crippen LogP contribution is 2.37. The second-order valence-electron chi connectivity index (χ2n) is 6.19. The van der Waals surface area contributed by atoms with Crippen molar-refractivity contribution >= 4 is 16.8 Å². The van der Waals surface area contributed by atoms with Gasteiger partial charge in [0.05, 0.1) is 13.2 Å². The molecule has 0 aliphatic carbocycles. The zero-order valence-corrected chi connectivity index (χ0v) is 15.1. The van der Waals surface area contributed by atoms with Crippen LogP contribution in [0.4, 0.5) is 5.82 Å². The number of fused-ring (bicyclic) bond motifs is 5. The molecule has 2 aliphatic heterocycles. The van der Waals surface area contributed by atoms with Gasteiger partial charge in [-0.3, -0.25) is 4.18 Å². The van der Waals surface area contributed by atoms with Crippen LogP contribution in [0.1, 0.15) is 22.7 Å². The van der Waals surface area contributed by atoms with Crippen LogP contribution in [-0.4, -0.2) is 45.0 Å². The number of aromatic nitrogens is 1. The Labute approximate surface area is 150 Å². The lowest BCUT2D eigenvalue weighted by molar-refractivity contribution is 0.268. The van der Waals surface area contributed by atoms with Crippen molar-refractivity contribution in [3.05, 3.63) is 66.4 Å². The highest BCUT2D eigenvalue weighted by Gasteiger charge is 2.32. The van der Waals surface area contributed by atoms with Gasteiger partial charge in [0.2, 0.25) is 0 Å². The van der Waals surface area contributed by atoms with E-state index in [4.69, 9.17) is 8.42 Å². The predicted octanol–water partition coefficient (Wildman–Crippen LogP) is 1.80. The number of hydrogen-bond acceptors (Lipinski definition) is 6. The minimum absolute atomic E-state index is 0.432. The molecule has 0 N–H and O–H groups in total. The lowest BCUT2D eigenvalue weighted by atomic mass is 9.96. The largest absolute Gasteiger partial charge is 0.347 e. The molecule has 0 amide bonds. The molecule has 0 saturated carbocycles. The highest BCUT2D eigenvalue weighted by atomic mass is 32.2. The van der Waals surface area contributed by atoms with Crippen LogP contribution in [-0.2, 0) is 21.6 Å². The van der Waals surface area contributed by atoms with E-state index in [1.54, 1.807) is 0 Å². The van der Waals surface area contributed by atoms with Gasteiger partial charge >= 0.3 is 0 Å². The van der Waals surface area contributed by atoms with Gasteiger partial charge < -0.3 is 9.80 Å². The third-order valence-corrected chi connectivity index (χ3v) is 4.83. The maximum absolute atomic E-state index is 9.12. The summed E-state index contributed by atoms with van der Waals surface area (Å²) in [6.45, 7) is 3.24. The Kier molecular flexibility index (Phi) is 5.67. The van der Waals surface area contributed by atoms with Crippen LogP contribution in [0.2, 0.25) is 0 Å². The van der Waals surface area contributed by atoms with Gasteiger partial charge in [0.15, 0.2) is 0 Å². The molecule has 25 heavy (non-hydrogen) atoms. The molecule has 0 spiro atoms. The Morgan fingerprint density at radius 3 is 2.64 bits per heavy atom. The smallest absolute Gasteiger partial charge is 0.257 e. The first-order valence-corrected chi connectivity index (χ1v) is 9.23. The standard InChI is InChI=1S/C17H19N3.CH3O3S/c1-19-9-10-20-16(12-19)15-7-3-2-5-13(15)11-14-6-4-8-18-17(14)20;1-4-5(2)3/h2-8,16H,9-12H2,1H3;5H,1H2. The molecule has 1 unspecified atom stereocenters. The third kappa shape index (κ3) is 4.00. The monoisotopic (exact) mass is 360 g/mol. The first-order valence-electron chi connectivity index (χ1n) is 8.13. The number of thiol groups is 1. The molecule has 7 heteroatoms. The summed E-state index contributed by atoms with van der Waals surface area (Å²) < 4.78 is 21.7. The molecule has 1 fully saturated rings. The zero-order chi connectivity index (χ0) is 17.8. The number of anilines is 1. The van der Waals surface area contributed by atoms with E-state index in [0.29, 0.717) is 6.04 Å². The van der Waals surface area contributed by atoms with Crippen LogP contribution >= 0.6 is 0 Å². The van der Waals surface area contributed by atoms with Gasteiger partial charge in [-0.1, -0.05) is 30.3 Å². The number of likely N-dealkylation sites (N-methyl/N-ethyl adjacent to an activating group) is 1. The maximum Gasteiger partial charge on any atom is 0.257 e. The molecule has 2 aliphatic rings. The molecule has 6 nitrogen and oxygen atoms in total. The van der Waals surface area contributed by atoms with Crippen LogP contribution in [0.15, 0.2) is 42.6 Å². The Morgan fingerprint density at radius 1 is 1.16 bits per heavy atom. The summed E-state index contributed by atoms with van der Waals surface area (Å²) >= 11 is 0. The number of hydrogen-bond donors (Lipinski definition) is 1. The second-order valence-corrected chi connectivity index (χ2v) is 6.89. The quantitative estimate of drug-likeness (QED) is 0.783. The van der Waals surface area contributed by atoms with E-state index in [9.17, 15) is 0 Å². The number of piperazine rings is 1. The van der Waals surface area contributed by atoms with E-state index in [-0.39, 0.29) is 0 Å². The minimum atomic E-state index is -2.71.